The number of nitrogens with zero attached hydrogens (tertiary/aromatic N) is 4. The van der Waals surface area contributed by atoms with Crippen molar-refractivity contribution in [1.29, 1.82) is 0 Å². The van der Waals surface area contributed by atoms with Crippen LogP contribution in [0.15, 0.2) is 5.16 Å². The van der Waals surface area contributed by atoms with Crippen molar-refractivity contribution in [1.82, 2.24) is 15.0 Å². The number of aromatic nitrogens is 3. The summed E-state index contributed by atoms with van der Waals surface area (Å²) in [7, 11) is 0. The molecule has 0 aromatic carbocycles. The van der Waals surface area contributed by atoms with E-state index in [0.29, 0.717) is 11.1 Å². The monoisotopic (exact) mass is 330 g/mol. The molecule has 1 saturated heterocycles. The van der Waals surface area contributed by atoms with Crippen molar-refractivity contribution in [3.63, 3.8) is 0 Å². The van der Waals surface area contributed by atoms with Crippen LogP contribution in [-0.4, -0.2) is 45.4 Å². The maximum atomic E-state index is 11.7. The highest BCUT2D eigenvalue weighted by Crippen LogP contribution is 2.22. The number of thioether (sulfide) groups is 1. The Morgan fingerprint density at radius 2 is 1.95 bits per heavy atom. The number of carbonyl (C=O) groups excluding carboxylic acids is 1. The molecule has 2 rings (SSSR count). The third-order valence-corrected chi connectivity index (χ3v) is 3.69. The lowest BCUT2D eigenvalue weighted by molar-refractivity contribution is -0.151. The maximum absolute atomic E-state index is 11.7. The Morgan fingerprint density at radius 1 is 1.29 bits per heavy atom. The summed E-state index contributed by atoms with van der Waals surface area (Å²) in [5.41, 5.74) is -0.491. The summed E-state index contributed by atoms with van der Waals surface area (Å²) in [6.45, 7) is 7.36. The summed E-state index contributed by atoms with van der Waals surface area (Å²) in [6, 6.07) is 0. The molecule has 8 heteroatoms. The van der Waals surface area contributed by atoms with Crippen molar-refractivity contribution in [3.8, 4) is 0 Å². The van der Waals surface area contributed by atoms with Crippen molar-refractivity contribution in [2.45, 2.75) is 44.4 Å². The van der Waals surface area contributed by atoms with Gasteiger partial charge in [0.15, 0.2) is 5.16 Å². The number of halogens is 1. The van der Waals surface area contributed by atoms with E-state index in [4.69, 9.17) is 16.3 Å². The van der Waals surface area contributed by atoms with Gasteiger partial charge < -0.3 is 9.64 Å². The molecule has 0 radical (unpaired) electrons. The zero-order valence-corrected chi connectivity index (χ0v) is 14.0. The fraction of sp³-hybridized carbons (Fsp3) is 0.692. The molecule has 21 heavy (non-hydrogen) atoms. The summed E-state index contributed by atoms with van der Waals surface area (Å²) in [5, 5.41) is 0.598. The quantitative estimate of drug-likeness (QED) is 0.620. The Labute approximate surface area is 133 Å². The molecule has 0 unspecified atom stereocenters. The minimum Gasteiger partial charge on any atom is -0.459 e. The van der Waals surface area contributed by atoms with E-state index < -0.39 is 5.60 Å². The number of hydrogen-bond donors (Lipinski definition) is 0. The third kappa shape index (κ3) is 5.32. The van der Waals surface area contributed by atoms with Gasteiger partial charge in [-0.1, -0.05) is 11.8 Å². The first-order chi connectivity index (χ1) is 9.83. The van der Waals surface area contributed by atoms with Crippen molar-refractivity contribution >= 4 is 35.3 Å². The van der Waals surface area contributed by atoms with E-state index in [9.17, 15) is 4.79 Å². The molecule has 0 aliphatic carbocycles. The molecule has 0 saturated carbocycles. The van der Waals surface area contributed by atoms with Crippen molar-refractivity contribution in [2.75, 3.05) is 23.7 Å². The maximum Gasteiger partial charge on any atom is 0.316 e. The minimum atomic E-state index is -0.491. The molecule has 6 nitrogen and oxygen atoms in total. The zero-order valence-electron chi connectivity index (χ0n) is 12.4. The second-order valence-electron chi connectivity index (χ2n) is 5.76. The molecule has 1 aromatic rings. The number of anilines is 1. The predicted molar refractivity (Wildman–Crippen MR) is 82.9 cm³/mol. The van der Waals surface area contributed by atoms with Crippen LogP contribution < -0.4 is 4.90 Å². The average Bonchev–Trinajstić information content (AvgIpc) is 2.87. The molecule has 1 fully saturated rings. The van der Waals surface area contributed by atoms with Crippen LogP contribution in [0.3, 0.4) is 0 Å². The highest BCUT2D eigenvalue weighted by atomic mass is 35.5. The Morgan fingerprint density at radius 3 is 2.57 bits per heavy atom. The van der Waals surface area contributed by atoms with Crippen LogP contribution >= 0.6 is 23.4 Å². The SMILES string of the molecule is CC(C)(C)OC(=O)CSc1nc(Cl)nc(N2CCCC2)n1. The van der Waals surface area contributed by atoms with Crippen LogP contribution in [0.2, 0.25) is 5.28 Å². The van der Waals surface area contributed by atoms with E-state index in [1.807, 2.05) is 20.8 Å². The minimum absolute atomic E-state index is 0.150. The fourth-order valence-corrected chi connectivity index (χ4v) is 2.75. The molecule has 2 heterocycles. The Bertz CT molecular complexity index is 515. The topological polar surface area (TPSA) is 68.2 Å². The van der Waals surface area contributed by atoms with Gasteiger partial charge in [-0.15, -0.1) is 0 Å². The lowest BCUT2D eigenvalue weighted by atomic mass is 10.2. The zero-order chi connectivity index (χ0) is 15.5. The van der Waals surface area contributed by atoms with Crippen molar-refractivity contribution < 1.29 is 9.53 Å². The van der Waals surface area contributed by atoms with E-state index >= 15 is 0 Å². The lowest BCUT2D eigenvalue weighted by Gasteiger charge is -2.19. The first-order valence-corrected chi connectivity index (χ1v) is 8.21. The molecule has 0 atom stereocenters. The van der Waals surface area contributed by atoms with Crippen LogP contribution in [0.25, 0.3) is 0 Å². The molecule has 0 bridgehead atoms. The summed E-state index contributed by atoms with van der Waals surface area (Å²) in [4.78, 5) is 26.3. The van der Waals surface area contributed by atoms with Gasteiger partial charge in [-0.05, 0) is 45.2 Å². The Kier molecular flexibility index (Phi) is 5.27. The Hall–Kier alpha value is -1.08. The van der Waals surface area contributed by atoms with E-state index in [1.54, 1.807) is 0 Å². The van der Waals surface area contributed by atoms with Crippen LogP contribution in [0.1, 0.15) is 33.6 Å². The first-order valence-electron chi connectivity index (χ1n) is 6.85. The number of carbonyl (C=O) groups is 1. The summed E-state index contributed by atoms with van der Waals surface area (Å²) < 4.78 is 5.25. The molecule has 1 aromatic heterocycles. The Balaban J connectivity index is 1.98. The van der Waals surface area contributed by atoms with Gasteiger partial charge in [0.1, 0.15) is 5.60 Å². The fourth-order valence-electron chi connectivity index (χ4n) is 1.94. The summed E-state index contributed by atoms with van der Waals surface area (Å²) in [5.74, 6) is 0.433. The van der Waals surface area contributed by atoms with Gasteiger partial charge in [-0.3, -0.25) is 4.79 Å². The van der Waals surface area contributed by atoms with Crippen LogP contribution in [0.4, 0.5) is 5.95 Å². The van der Waals surface area contributed by atoms with Crippen molar-refractivity contribution in [2.24, 2.45) is 0 Å². The highest BCUT2D eigenvalue weighted by Gasteiger charge is 2.19. The largest absolute Gasteiger partial charge is 0.459 e. The molecular weight excluding hydrogens is 312 g/mol. The van der Waals surface area contributed by atoms with Gasteiger partial charge in [0.05, 0.1) is 5.75 Å². The molecular formula is C13H19ClN4O2S. The second kappa shape index (κ2) is 6.79. The molecule has 116 valence electrons. The van der Waals surface area contributed by atoms with E-state index in [1.165, 1.54) is 11.8 Å². The smallest absolute Gasteiger partial charge is 0.316 e. The van der Waals surface area contributed by atoms with Crippen LogP contribution in [0.5, 0.6) is 0 Å². The first kappa shape index (κ1) is 16.3. The number of hydrogen-bond acceptors (Lipinski definition) is 7. The van der Waals surface area contributed by atoms with Gasteiger partial charge in [0, 0.05) is 13.1 Å². The molecule has 0 amide bonds. The normalized spacial score (nSPS) is 15.3. The van der Waals surface area contributed by atoms with Gasteiger partial charge in [-0.25, -0.2) is 0 Å². The van der Waals surface area contributed by atoms with E-state index in [-0.39, 0.29) is 17.0 Å². The molecule has 1 aliphatic rings. The number of esters is 1. The van der Waals surface area contributed by atoms with Gasteiger partial charge >= 0.3 is 5.97 Å². The standard InChI is InChI=1S/C13H19ClN4O2S/c1-13(2,3)20-9(19)8-21-12-16-10(14)15-11(17-12)18-6-4-5-7-18/h4-8H2,1-3H3. The number of rotatable bonds is 4. The van der Waals surface area contributed by atoms with E-state index in [0.717, 1.165) is 25.9 Å². The molecule has 0 spiro atoms. The molecule has 1 aliphatic heterocycles. The van der Waals surface area contributed by atoms with E-state index in [2.05, 4.69) is 19.9 Å². The molecule has 0 N–H and O–H groups in total. The van der Waals surface area contributed by atoms with Crippen LogP contribution in [-0.2, 0) is 9.53 Å². The lowest BCUT2D eigenvalue weighted by Crippen LogP contribution is -2.25. The third-order valence-electron chi connectivity index (χ3n) is 2.70. The number of ether oxygens (including phenoxy) is 1. The van der Waals surface area contributed by atoms with Crippen LogP contribution in [0, 0.1) is 0 Å². The average molecular weight is 331 g/mol. The van der Waals surface area contributed by atoms with Gasteiger partial charge in [0.2, 0.25) is 11.2 Å². The summed E-state index contributed by atoms with van der Waals surface area (Å²) >= 11 is 7.14. The second-order valence-corrected chi connectivity index (χ2v) is 7.04. The highest BCUT2D eigenvalue weighted by molar-refractivity contribution is 7.99. The van der Waals surface area contributed by atoms with Gasteiger partial charge in [-0.2, -0.15) is 15.0 Å². The van der Waals surface area contributed by atoms with Gasteiger partial charge in [0.25, 0.3) is 0 Å². The van der Waals surface area contributed by atoms with Crippen molar-refractivity contribution in [3.05, 3.63) is 5.28 Å². The summed E-state index contributed by atoms with van der Waals surface area (Å²) in [6.07, 6.45) is 2.26. The predicted octanol–water partition coefficient (Wildman–Crippen LogP) is 2.56.